The van der Waals surface area contributed by atoms with Crippen molar-refractivity contribution in [3.05, 3.63) is 133 Å². The molecule has 8 rings (SSSR count). The van der Waals surface area contributed by atoms with Crippen LogP contribution in [0.4, 0.5) is 0 Å². The predicted molar refractivity (Wildman–Crippen MR) is 162 cm³/mol. The van der Waals surface area contributed by atoms with Gasteiger partial charge in [-0.3, -0.25) is 4.57 Å². The Kier molecular flexibility index (Phi) is 4.73. The van der Waals surface area contributed by atoms with E-state index in [-0.39, 0.29) is 0 Å². The Morgan fingerprint density at radius 1 is 0.553 bits per heavy atom. The second-order valence-electron chi connectivity index (χ2n) is 9.62. The zero-order valence-electron chi connectivity index (χ0n) is 20.5. The summed E-state index contributed by atoms with van der Waals surface area (Å²) >= 11 is 1.85. The molecule has 0 aliphatic rings. The first-order valence-electron chi connectivity index (χ1n) is 12.8. The van der Waals surface area contributed by atoms with Gasteiger partial charge in [-0.1, -0.05) is 97.1 Å². The molecule has 38 heavy (non-hydrogen) atoms. The maximum atomic E-state index is 5.24. The van der Waals surface area contributed by atoms with Crippen LogP contribution in [0.3, 0.4) is 0 Å². The molecular weight excluding hydrogens is 480 g/mol. The number of aromatic nitrogens is 2. The molecule has 0 aliphatic carbocycles. The summed E-state index contributed by atoms with van der Waals surface area (Å²) < 4.78 is 4.93. The maximum Gasteiger partial charge on any atom is 0.147 e. The summed E-state index contributed by atoms with van der Waals surface area (Å²) in [5.74, 6) is 0.973. The van der Waals surface area contributed by atoms with Gasteiger partial charge in [0.1, 0.15) is 5.82 Å². The lowest BCUT2D eigenvalue weighted by Crippen LogP contribution is -1.99. The maximum absolute atomic E-state index is 5.24. The van der Waals surface area contributed by atoms with E-state index in [1.165, 1.54) is 42.1 Å². The largest absolute Gasteiger partial charge is 0.292 e. The Morgan fingerprint density at radius 2 is 1.34 bits per heavy atom. The smallest absolute Gasteiger partial charge is 0.147 e. The first-order valence-corrected chi connectivity index (χ1v) is 13.6. The molecule has 2 nitrogen and oxygen atoms in total. The third-order valence-electron chi connectivity index (χ3n) is 7.41. The van der Waals surface area contributed by atoms with Crippen LogP contribution in [0.15, 0.2) is 133 Å². The van der Waals surface area contributed by atoms with Gasteiger partial charge in [0, 0.05) is 31.1 Å². The van der Waals surface area contributed by atoms with Crippen molar-refractivity contribution in [2.75, 3.05) is 0 Å². The van der Waals surface area contributed by atoms with Crippen molar-refractivity contribution in [1.82, 2.24) is 9.55 Å². The summed E-state index contributed by atoms with van der Waals surface area (Å²) in [7, 11) is 0. The van der Waals surface area contributed by atoms with E-state index in [2.05, 4.69) is 138 Å². The van der Waals surface area contributed by atoms with Crippen LogP contribution in [0.25, 0.3) is 70.2 Å². The second-order valence-corrected chi connectivity index (χ2v) is 10.7. The summed E-state index contributed by atoms with van der Waals surface area (Å²) in [6.07, 6.45) is 0. The van der Waals surface area contributed by atoms with Crippen molar-refractivity contribution >= 4 is 53.3 Å². The Labute approximate surface area is 224 Å². The van der Waals surface area contributed by atoms with Crippen LogP contribution < -0.4 is 0 Å². The molecule has 178 valence electrons. The van der Waals surface area contributed by atoms with E-state index in [1.54, 1.807) is 0 Å². The minimum atomic E-state index is 0.973. The number of imidazole rings is 1. The summed E-state index contributed by atoms with van der Waals surface area (Å²) in [6, 6.07) is 47.7. The molecule has 0 radical (unpaired) electrons. The zero-order chi connectivity index (χ0) is 25.1. The van der Waals surface area contributed by atoms with Gasteiger partial charge < -0.3 is 0 Å². The van der Waals surface area contributed by atoms with E-state index in [0.29, 0.717) is 0 Å². The Morgan fingerprint density at radius 3 is 2.29 bits per heavy atom. The fourth-order valence-corrected chi connectivity index (χ4v) is 6.85. The van der Waals surface area contributed by atoms with Crippen molar-refractivity contribution in [2.24, 2.45) is 0 Å². The summed E-state index contributed by atoms with van der Waals surface area (Å²) in [6.45, 7) is 0. The highest BCUT2D eigenvalue weighted by molar-refractivity contribution is 7.26. The van der Waals surface area contributed by atoms with Crippen LogP contribution in [0.5, 0.6) is 0 Å². The number of para-hydroxylation sites is 2. The molecule has 6 aromatic carbocycles. The number of nitrogens with zero attached hydrogens (tertiary/aromatic N) is 2. The van der Waals surface area contributed by atoms with E-state index in [4.69, 9.17) is 4.98 Å². The molecule has 0 atom stereocenters. The van der Waals surface area contributed by atoms with Crippen LogP contribution in [-0.4, -0.2) is 9.55 Å². The minimum Gasteiger partial charge on any atom is -0.292 e. The molecule has 0 fully saturated rings. The first kappa shape index (κ1) is 21.4. The van der Waals surface area contributed by atoms with E-state index in [9.17, 15) is 0 Å². The monoisotopic (exact) mass is 502 g/mol. The van der Waals surface area contributed by atoms with E-state index < -0.39 is 0 Å². The van der Waals surface area contributed by atoms with Gasteiger partial charge in [-0.15, -0.1) is 11.3 Å². The molecule has 3 heteroatoms. The van der Waals surface area contributed by atoms with Crippen molar-refractivity contribution in [2.45, 2.75) is 0 Å². The molecule has 0 bridgehead atoms. The third-order valence-corrected chi connectivity index (χ3v) is 8.63. The molecule has 0 amide bonds. The Balaban J connectivity index is 1.46. The van der Waals surface area contributed by atoms with Gasteiger partial charge in [0.05, 0.1) is 16.7 Å². The highest BCUT2D eigenvalue weighted by atomic mass is 32.1. The molecular formula is C35H22N2S. The summed E-state index contributed by atoms with van der Waals surface area (Å²) in [5.41, 5.74) is 6.84. The fourth-order valence-electron chi connectivity index (χ4n) is 5.64. The molecule has 0 aliphatic heterocycles. The van der Waals surface area contributed by atoms with E-state index >= 15 is 0 Å². The normalized spacial score (nSPS) is 11.7. The lowest BCUT2D eigenvalue weighted by molar-refractivity contribution is 1.12. The molecule has 0 saturated heterocycles. The lowest BCUT2D eigenvalue weighted by atomic mass is 10.00. The highest BCUT2D eigenvalue weighted by Gasteiger charge is 2.19. The van der Waals surface area contributed by atoms with Gasteiger partial charge in [0.25, 0.3) is 0 Å². The molecule has 2 aromatic heterocycles. The lowest BCUT2D eigenvalue weighted by Gasteiger charge is -2.14. The van der Waals surface area contributed by atoms with Gasteiger partial charge in [-0.05, 0) is 52.9 Å². The Bertz CT molecular complexity index is 2130. The van der Waals surface area contributed by atoms with Crippen molar-refractivity contribution in [3.8, 4) is 28.2 Å². The fraction of sp³-hybridized carbons (Fsp3) is 0. The number of rotatable bonds is 3. The van der Waals surface area contributed by atoms with Crippen LogP contribution >= 0.6 is 11.3 Å². The molecule has 8 aromatic rings. The van der Waals surface area contributed by atoms with E-state index in [0.717, 1.165) is 28.1 Å². The van der Waals surface area contributed by atoms with Gasteiger partial charge in [-0.2, -0.15) is 0 Å². The van der Waals surface area contributed by atoms with Gasteiger partial charge in [0.2, 0.25) is 0 Å². The van der Waals surface area contributed by atoms with Gasteiger partial charge >= 0.3 is 0 Å². The average molecular weight is 503 g/mol. The number of thiophene rings is 1. The average Bonchev–Trinajstić information content (AvgIpc) is 3.56. The number of hydrogen-bond donors (Lipinski definition) is 0. The van der Waals surface area contributed by atoms with Crippen molar-refractivity contribution in [3.63, 3.8) is 0 Å². The third kappa shape index (κ3) is 3.22. The zero-order valence-corrected chi connectivity index (χ0v) is 21.3. The predicted octanol–water partition coefficient (Wildman–Crippen LogP) is 9.88. The standard InChI is InChI=1S/C35H22N2S/c1-2-10-23(11-3-1)25-21-20-24-12-8-18-31(29(24)22-25)37-32-17-6-5-16-30(32)36-35(37)28-15-9-14-27-26-13-4-7-19-33(26)38-34(27)28/h1-22H. The molecule has 2 heterocycles. The quantitative estimate of drug-likeness (QED) is 0.235. The van der Waals surface area contributed by atoms with Crippen molar-refractivity contribution < 1.29 is 0 Å². The molecule has 0 saturated carbocycles. The summed E-state index contributed by atoms with van der Waals surface area (Å²) in [4.78, 5) is 5.24. The number of fused-ring (bicyclic) bond motifs is 5. The minimum absolute atomic E-state index is 0.973. The summed E-state index contributed by atoms with van der Waals surface area (Å²) in [5, 5.41) is 5.01. The van der Waals surface area contributed by atoms with Crippen LogP contribution in [0.2, 0.25) is 0 Å². The van der Waals surface area contributed by atoms with Gasteiger partial charge in [0.15, 0.2) is 0 Å². The first-order chi connectivity index (χ1) is 18.8. The number of benzene rings is 6. The SMILES string of the molecule is c1ccc(-c2ccc3cccc(-n4c(-c5cccc6c5sc5ccccc56)nc5ccccc54)c3c2)cc1. The highest BCUT2D eigenvalue weighted by Crippen LogP contribution is 2.41. The van der Waals surface area contributed by atoms with Crippen LogP contribution in [0, 0.1) is 0 Å². The molecule has 0 spiro atoms. The molecule has 0 N–H and O–H groups in total. The number of hydrogen-bond acceptors (Lipinski definition) is 2. The Hall–Kier alpha value is -4.73. The van der Waals surface area contributed by atoms with Gasteiger partial charge in [-0.25, -0.2) is 4.98 Å². The molecule has 0 unspecified atom stereocenters. The topological polar surface area (TPSA) is 17.8 Å². The van der Waals surface area contributed by atoms with E-state index in [1.807, 2.05) is 11.3 Å². The van der Waals surface area contributed by atoms with Crippen LogP contribution in [-0.2, 0) is 0 Å². The second kappa shape index (κ2) is 8.41. The van der Waals surface area contributed by atoms with Crippen LogP contribution in [0.1, 0.15) is 0 Å². The van der Waals surface area contributed by atoms with Crippen molar-refractivity contribution in [1.29, 1.82) is 0 Å².